The number of benzene rings is 1. The van der Waals surface area contributed by atoms with Crippen LogP contribution in [0.4, 0.5) is 5.69 Å². The van der Waals surface area contributed by atoms with Gasteiger partial charge in [-0.3, -0.25) is 4.79 Å². The minimum atomic E-state index is -0.437. The van der Waals surface area contributed by atoms with Crippen LogP contribution in [0.25, 0.3) is 0 Å². The summed E-state index contributed by atoms with van der Waals surface area (Å²) in [4.78, 5) is 15.0. The fourth-order valence-corrected chi connectivity index (χ4v) is 3.79. The molecule has 2 atom stereocenters. The highest BCUT2D eigenvalue weighted by Crippen LogP contribution is 2.36. The molecule has 1 amide bonds. The van der Waals surface area contributed by atoms with E-state index in [2.05, 4.69) is 15.5 Å². The van der Waals surface area contributed by atoms with E-state index in [-0.39, 0.29) is 11.8 Å². The first-order chi connectivity index (χ1) is 13.6. The molecule has 3 rings (SSSR count). The number of unbranched alkanes of at least 4 members (excludes halogenated alkanes) is 1. The Morgan fingerprint density at radius 1 is 1.32 bits per heavy atom. The lowest BCUT2D eigenvalue weighted by Gasteiger charge is -2.36. The van der Waals surface area contributed by atoms with Crippen LogP contribution in [0.1, 0.15) is 29.6 Å². The summed E-state index contributed by atoms with van der Waals surface area (Å²) < 4.78 is 11.1. The minimum absolute atomic E-state index is 0.0477. The zero-order valence-electron chi connectivity index (χ0n) is 16.6. The number of nitrogens with zero attached hydrogens (tertiary/aromatic N) is 1. The van der Waals surface area contributed by atoms with E-state index in [1.54, 1.807) is 12.1 Å². The maximum absolute atomic E-state index is 12.7. The number of rotatable bonds is 8. The van der Waals surface area contributed by atoms with Crippen LogP contribution in [0.2, 0.25) is 0 Å². The van der Waals surface area contributed by atoms with Gasteiger partial charge in [0.05, 0.1) is 11.7 Å². The number of ether oxygens (including phenoxy) is 2. The van der Waals surface area contributed by atoms with Gasteiger partial charge in [0.15, 0.2) is 11.5 Å². The SMILES string of the molecule is CNCCCCN1CC[C@@H](CNC(=O)c2cc(N)cc3c2OCCO3)[C@H](O)C1. The van der Waals surface area contributed by atoms with Crippen molar-refractivity contribution in [3.05, 3.63) is 17.7 Å². The van der Waals surface area contributed by atoms with Gasteiger partial charge in [-0.15, -0.1) is 0 Å². The molecule has 1 aromatic carbocycles. The lowest BCUT2D eigenvalue weighted by Crippen LogP contribution is -2.47. The Balaban J connectivity index is 1.50. The average molecular weight is 393 g/mol. The molecule has 0 unspecified atom stereocenters. The smallest absolute Gasteiger partial charge is 0.255 e. The predicted molar refractivity (Wildman–Crippen MR) is 108 cm³/mol. The highest BCUT2D eigenvalue weighted by atomic mass is 16.6. The van der Waals surface area contributed by atoms with Crippen molar-refractivity contribution in [3.8, 4) is 11.5 Å². The van der Waals surface area contributed by atoms with Gasteiger partial charge in [0.1, 0.15) is 13.2 Å². The summed E-state index contributed by atoms with van der Waals surface area (Å²) in [6, 6.07) is 3.27. The molecule has 1 aromatic rings. The second-order valence-electron chi connectivity index (χ2n) is 7.53. The van der Waals surface area contributed by atoms with Gasteiger partial charge in [0.25, 0.3) is 5.91 Å². The second-order valence-corrected chi connectivity index (χ2v) is 7.53. The first kappa shape index (κ1) is 20.7. The number of carbonyl (C=O) groups is 1. The molecule has 0 spiro atoms. The van der Waals surface area contributed by atoms with Crippen molar-refractivity contribution >= 4 is 11.6 Å². The largest absolute Gasteiger partial charge is 0.486 e. The molecular formula is C20H32N4O4. The number of nitrogen functional groups attached to an aromatic ring is 1. The third-order valence-electron chi connectivity index (χ3n) is 5.39. The summed E-state index contributed by atoms with van der Waals surface area (Å²) >= 11 is 0. The van der Waals surface area contributed by atoms with Gasteiger partial charge >= 0.3 is 0 Å². The second kappa shape index (κ2) is 9.95. The highest BCUT2D eigenvalue weighted by molar-refractivity contribution is 5.99. The van der Waals surface area contributed by atoms with Crippen LogP contribution in [0.15, 0.2) is 12.1 Å². The van der Waals surface area contributed by atoms with Crippen LogP contribution >= 0.6 is 0 Å². The minimum Gasteiger partial charge on any atom is -0.486 e. The lowest BCUT2D eigenvalue weighted by molar-refractivity contribution is 0.0216. The Morgan fingerprint density at radius 3 is 2.93 bits per heavy atom. The number of nitrogens with one attached hydrogen (secondary N) is 2. The maximum Gasteiger partial charge on any atom is 0.255 e. The number of aliphatic hydroxyl groups excluding tert-OH is 1. The number of aliphatic hydroxyl groups is 1. The number of hydrogen-bond donors (Lipinski definition) is 4. The van der Waals surface area contributed by atoms with Crippen molar-refractivity contribution in [3.63, 3.8) is 0 Å². The number of fused-ring (bicyclic) bond motifs is 1. The molecule has 2 aliphatic heterocycles. The Labute approximate surface area is 166 Å². The summed E-state index contributed by atoms with van der Waals surface area (Å²) in [5.74, 6) is 0.736. The Hall–Kier alpha value is -2.03. The third-order valence-corrected chi connectivity index (χ3v) is 5.39. The normalized spacial score (nSPS) is 22.1. The summed E-state index contributed by atoms with van der Waals surface area (Å²) in [6.45, 7) is 4.91. The van der Waals surface area contributed by atoms with Crippen molar-refractivity contribution in [1.82, 2.24) is 15.5 Å². The van der Waals surface area contributed by atoms with Gasteiger partial charge < -0.3 is 35.8 Å². The fourth-order valence-electron chi connectivity index (χ4n) is 3.79. The van der Waals surface area contributed by atoms with Crippen LogP contribution in [0, 0.1) is 5.92 Å². The molecule has 8 nitrogen and oxygen atoms in total. The molecule has 1 saturated heterocycles. The quantitative estimate of drug-likeness (QED) is 0.376. The van der Waals surface area contributed by atoms with Crippen molar-refractivity contribution in [2.75, 3.05) is 58.7 Å². The number of carbonyl (C=O) groups excluding carboxylic acids is 1. The van der Waals surface area contributed by atoms with E-state index in [4.69, 9.17) is 15.2 Å². The van der Waals surface area contributed by atoms with E-state index in [1.165, 1.54) is 0 Å². The van der Waals surface area contributed by atoms with E-state index < -0.39 is 6.10 Å². The molecule has 156 valence electrons. The standard InChI is InChI=1S/C20H32N4O4/c1-22-5-2-3-6-24-7-4-14(17(25)13-24)12-23-20(26)16-10-15(21)11-18-19(16)28-9-8-27-18/h10-11,14,17,22,25H,2-9,12-13,21H2,1H3,(H,23,26)/t14-,17+/m0/s1. The first-order valence-corrected chi connectivity index (χ1v) is 10.1. The monoisotopic (exact) mass is 392 g/mol. The molecule has 5 N–H and O–H groups in total. The molecule has 0 aromatic heterocycles. The molecular weight excluding hydrogens is 360 g/mol. The van der Waals surface area contributed by atoms with E-state index >= 15 is 0 Å². The van der Waals surface area contributed by atoms with E-state index in [0.29, 0.717) is 49.1 Å². The molecule has 28 heavy (non-hydrogen) atoms. The number of nitrogens with two attached hydrogens (primary N) is 1. The van der Waals surface area contributed by atoms with Crippen LogP contribution in [-0.2, 0) is 0 Å². The predicted octanol–water partition coefficient (Wildman–Crippen LogP) is 0.452. The molecule has 2 aliphatic rings. The van der Waals surface area contributed by atoms with Crippen molar-refractivity contribution in [2.24, 2.45) is 5.92 Å². The zero-order chi connectivity index (χ0) is 19.9. The molecule has 0 bridgehead atoms. The van der Waals surface area contributed by atoms with Crippen LogP contribution < -0.4 is 25.8 Å². The van der Waals surface area contributed by atoms with Gasteiger partial charge in [-0.1, -0.05) is 0 Å². The molecule has 0 radical (unpaired) electrons. The van der Waals surface area contributed by atoms with E-state index in [9.17, 15) is 9.90 Å². The van der Waals surface area contributed by atoms with E-state index in [1.807, 2.05) is 7.05 Å². The Morgan fingerprint density at radius 2 is 2.14 bits per heavy atom. The molecule has 1 fully saturated rings. The molecule has 0 saturated carbocycles. The highest BCUT2D eigenvalue weighted by Gasteiger charge is 2.28. The fraction of sp³-hybridized carbons (Fsp3) is 0.650. The lowest BCUT2D eigenvalue weighted by atomic mass is 9.93. The summed E-state index contributed by atoms with van der Waals surface area (Å²) in [5.41, 5.74) is 6.73. The molecule has 2 heterocycles. The zero-order valence-corrected chi connectivity index (χ0v) is 16.6. The number of likely N-dealkylation sites (tertiary alicyclic amines) is 1. The maximum atomic E-state index is 12.7. The number of piperidine rings is 1. The van der Waals surface area contributed by atoms with Crippen molar-refractivity contribution < 1.29 is 19.4 Å². The topological polar surface area (TPSA) is 109 Å². The number of anilines is 1. The Kier molecular flexibility index (Phi) is 7.36. The van der Waals surface area contributed by atoms with Crippen LogP contribution in [-0.4, -0.2) is 75.0 Å². The van der Waals surface area contributed by atoms with Gasteiger partial charge in [0, 0.05) is 30.8 Å². The number of β-amino-alcohol motifs (C(OH)–C–C–N with tert-alkyl or cyclic N) is 1. The number of amides is 1. The van der Waals surface area contributed by atoms with Gasteiger partial charge in [0.2, 0.25) is 0 Å². The molecule has 8 heteroatoms. The van der Waals surface area contributed by atoms with Gasteiger partial charge in [-0.05, 0) is 52.0 Å². The van der Waals surface area contributed by atoms with Crippen molar-refractivity contribution in [1.29, 1.82) is 0 Å². The van der Waals surface area contributed by atoms with E-state index in [0.717, 1.165) is 38.9 Å². The van der Waals surface area contributed by atoms with Gasteiger partial charge in [-0.25, -0.2) is 0 Å². The van der Waals surface area contributed by atoms with Crippen LogP contribution in [0.5, 0.6) is 11.5 Å². The summed E-state index contributed by atoms with van der Waals surface area (Å²) in [6.07, 6.45) is 2.69. The summed E-state index contributed by atoms with van der Waals surface area (Å²) in [7, 11) is 1.96. The number of hydrogen-bond acceptors (Lipinski definition) is 7. The van der Waals surface area contributed by atoms with Crippen LogP contribution in [0.3, 0.4) is 0 Å². The third kappa shape index (κ3) is 5.27. The Bertz CT molecular complexity index is 670. The first-order valence-electron chi connectivity index (χ1n) is 10.1. The van der Waals surface area contributed by atoms with Gasteiger partial charge in [-0.2, -0.15) is 0 Å². The summed E-state index contributed by atoms with van der Waals surface area (Å²) in [5, 5.41) is 16.6. The van der Waals surface area contributed by atoms with Crippen molar-refractivity contribution in [2.45, 2.75) is 25.4 Å². The average Bonchev–Trinajstić information content (AvgIpc) is 2.69. The molecule has 0 aliphatic carbocycles.